The number of amides is 1. The lowest BCUT2D eigenvalue weighted by Gasteiger charge is -2.22. The molecule has 0 aromatic heterocycles. The maximum absolute atomic E-state index is 11.5. The summed E-state index contributed by atoms with van der Waals surface area (Å²) in [5.74, 6) is 0.0118. The number of nitrogens with one attached hydrogen (secondary N) is 1. The van der Waals surface area contributed by atoms with Crippen LogP contribution in [0.25, 0.3) is 0 Å². The monoisotopic (exact) mass is 269 g/mol. The van der Waals surface area contributed by atoms with Crippen LogP contribution < -0.4 is 5.32 Å². The van der Waals surface area contributed by atoms with Gasteiger partial charge < -0.3 is 14.8 Å². The van der Waals surface area contributed by atoms with E-state index in [0.717, 1.165) is 32.1 Å². The molecule has 0 aromatic rings. The zero-order chi connectivity index (χ0) is 13.7. The molecule has 108 valence electrons. The highest BCUT2D eigenvalue weighted by atomic mass is 16.6. The molecule has 0 bridgehead atoms. The second-order valence-corrected chi connectivity index (χ2v) is 5.80. The summed E-state index contributed by atoms with van der Waals surface area (Å²) in [6.07, 6.45) is 5.89. The van der Waals surface area contributed by atoms with Crippen molar-refractivity contribution in [1.29, 1.82) is 0 Å². The molecule has 1 N–H and O–H groups in total. The van der Waals surface area contributed by atoms with E-state index >= 15 is 0 Å². The normalized spacial score (nSPS) is 29.7. The van der Waals surface area contributed by atoms with Crippen LogP contribution in [0.2, 0.25) is 0 Å². The standard InChI is InChI=1S/C14H23NO4/c1-14(10-19-14)9-18-13(17)8-3-2-5-11-6-4-7-12(16)15-11/h11H,2-10H2,1H3,(H,15,16). The van der Waals surface area contributed by atoms with Crippen molar-refractivity contribution in [3.63, 3.8) is 0 Å². The number of hydrogen-bond acceptors (Lipinski definition) is 4. The molecule has 2 saturated heterocycles. The van der Waals surface area contributed by atoms with Crippen LogP contribution in [0.5, 0.6) is 0 Å². The van der Waals surface area contributed by atoms with Crippen molar-refractivity contribution in [3.05, 3.63) is 0 Å². The van der Waals surface area contributed by atoms with Gasteiger partial charge in [0.25, 0.3) is 0 Å². The number of piperidine rings is 1. The van der Waals surface area contributed by atoms with Gasteiger partial charge in [0.1, 0.15) is 12.2 Å². The summed E-state index contributed by atoms with van der Waals surface area (Å²) in [4.78, 5) is 22.7. The molecule has 0 aromatic carbocycles. The van der Waals surface area contributed by atoms with Gasteiger partial charge in [-0.25, -0.2) is 0 Å². The van der Waals surface area contributed by atoms with Gasteiger partial charge in [-0.3, -0.25) is 9.59 Å². The van der Waals surface area contributed by atoms with Gasteiger partial charge in [-0.05, 0) is 32.6 Å². The Bertz CT molecular complexity index is 338. The Morgan fingerprint density at radius 1 is 1.53 bits per heavy atom. The first kappa shape index (κ1) is 14.3. The zero-order valence-corrected chi connectivity index (χ0v) is 11.6. The van der Waals surface area contributed by atoms with Crippen LogP contribution in [-0.4, -0.2) is 36.7 Å². The van der Waals surface area contributed by atoms with E-state index in [-0.39, 0.29) is 17.5 Å². The molecule has 2 unspecified atom stereocenters. The van der Waals surface area contributed by atoms with Crippen molar-refractivity contribution in [2.75, 3.05) is 13.2 Å². The molecule has 0 spiro atoms. The van der Waals surface area contributed by atoms with Crippen molar-refractivity contribution in [2.24, 2.45) is 0 Å². The van der Waals surface area contributed by atoms with Gasteiger partial charge >= 0.3 is 5.97 Å². The van der Waals surface area contributed by atoms with E-state index in [0.29, 0.717) is 32.1 Å². The Kier molecular flexibility index (Phi) is 4.80. The van der Waals surface area contributed by atoms with Crippen molar-refractivity contribution < 1.29 is 19.1 Å². The number of epoxide rings is 1. The first-order valence-electron chi connectivity index (χ1n) is 7.16. The van der Waals surface area contributed by atoms with Crippen LogP contribution in [0.4, 0.5) is 0 Å². The molecule has 2 rings (SSSR count). The van der Waals surface area contributed by atoms with Gasteiger partial charge in [-0.1, -0.05) is 6.42 Å². The molecule has 2 heterocycles. The molecule has 5 nitrogen and oxygen atoms in total. The minimum absolute atomic E-state index is 0.149. The van der Waals surface area contributed by atoms with E-state index in [2.05, 4.69) is 5.32 Å². The van der Waals surface area contributed by atoms with Gasteiger partial charge in [0.05, 0.1) is 6.61 Å². The van der Waals surface area contributed by atoms with Crippen molar-refractivity contribution in [3.8, 4) is 0 Å². The lowest BCUT2D eigenvalue weighted by molar-refractivity contribution is -0.145. The predicted molar refractivity (Wildman–Crippen MR) is 69.6 cm³/mol. The first-order chi connectivity index (χ1) is 9.07. The number of esters is 1. The minimum Gasteiger partial charge on any atom is -0.463 e. The van der Waals surface area contributed by atoms with E-state index in [9.17, 15) is 9.59 Å². The second-order valence-electron chi connectivity index (χ2n) is 5.80. The molecule has 0 radical (unpaired) electrons. The molecule has 0 aliphatic carbocycles. The van der Waals surface area contributed by atoms with Crippen LogP contribution >= 0.6 is 0 Å². The molecular weight excluding hydrogens is 246 g/mol. The lowest BCUT2D eigenvalue weighted by Crippen LogP contribution is -2.38. The fraction of sp³-hybridized carbons (Fsp3) is 0.857. The third-order valence-corrected chi connectivity index (χ3v) is 3.68. The van der Waals surface area contributed by atoms with E-state index in [1.807, 2.05) is 6.92 Å². The van der Waals surface area contributed by atoms with Gasteiger partial charge in [0, 0.05) is 18.9 Å². The molecule has 2 fully saturated rings. The summed E-state index contributed by atoms with van der Waals surface area (Å²) in [5.41, 5.74) is -0.220. The predicted octanol–water partition coefficient (Wildman–Crippen LogP) is 1.55. The van der Waals surface area contributed by atoms with Crippen molar-refractivity contribution in [1.82, 2.24) is 5.32 Å². The van der Waals surface area contributed by atoms with Crippen LogP contribution in [0.3, 0.4) is 0 Å². The minimum atomic E-state index is -0.220. The quantitative estimate of drug-likeness (QED) is 0.432. The fourth-order valence-electron chi connectivity index (χ4n) is 2.27. The van der Waals surface area contributed by atoms with E-state index in [1.54, 1.807) is 0 Å². The topological polar surface area (TPSA) is 67.9 Å². The van der Waals surface area contributed by atoms with Gasteiger partial charge in [-0.2, -0.15) is 0 Å². The zero-order valence-electron chi connectivity index (χ0n) is 11.6. The second kappa shape index (κ2) is 6.37. The highest BCUT2D eigenvalue weighted by Crippen LogP contribution is 2.26. The van der Waals surface area contributed by atoms with Crippen LogP contribution in [0.15, 0.2) is 0 Å². The van der Waals surface area contributed by atoms with Crippen LogP contribution in [-0.2, 0) is 19.1 Å². The smallest absolute Gasteiger partial charge is 0.305 e. The molecule has 1 amide bonds. The Hall–Kier alpha value is -1.10. The maximum atomic E-state index is 11.5. The van der Waals surface area contributed by atoms with Crippen LogP contribution in [0.1, 0.15) is 51.9 Å². The highest BCUT2D eigenvalue weighted by molar-refractivity contribution is 5.76. The molecule has 2 atom stereocenters. The van der Waals surface area contributed by atoms with Crippen molar-refractivity contribution >= 4 is 11.9 Å². The van der Waals surface area contributed by atoms with Crippen molar-refractivity contribution in [2.45, 2.75) is 63.5 Å². The van der Waals surface area contributed by atoms with E-state index in [1.165, 1.54) is 0 Å². The number of hydrogen-bond donors (Lipinski definition) is 1. The largest absolute Gasteiger partial charge is 0.463 e. The Balaban J connectivity index is 1.49. The van der Waals surface area contributed by atoms with Crippen LogP contribution in [0, 0.1) is 0 Å². The number of rotatable bonds is 7. The summed E-state index contributed by atoms with van der Waals surface area (Å²) in [6, 6.07) is 0.302. The summed E-state index contributed by atoms with van der Waals surface area (Å²) in [7, 11) is 0. The summed E-state index contributed by atoms with van der Waals surface area (Å²) in [5, 5.41) is 2.99. The lowest BCUT2D eigenvalue weighted by atomic mass is 9.99. The third-order valence-electron chi connectivity index (χ3n) is 3.68. The summed E-state index contributed by atoms with van der Waals surface area (Å²) >= 11 is 0. The number of carbonyl (C=O) groups excluding carboxylic acids is 2. The Morgan fingerprint density at radius 3 is 3.00 bits per heavy atom. The number of unbranched alkanes of at least 4 members (excludes halogenated alkanes) is 1. The average molecular weight is 269 g/mol. The Labute approximate surface area is 114 Å². The van der Waals surface area contributed by atoms with Gasteiger partial charge in [-0.15, -0.1) is 0 Å². The Morgan fingerprint density at radius 2 is 2.32 bits per heavy atom. The molecule has 0 saturated carbocycles. The SMILES string of the molecule is CC1(COC(=O)CCCCC2CCCC(=O)N2)CO1. The number of carbonyl (C=O) groups is 2. The maximum Gasteiger partial charge on any atom is 0.305 e. The average Bonchev–Trinajstić information content (AvgIpc) is 3.11. The molecule has 2 aliphatic rings. The number of ether oxygens (including phenoxy) is 2. The molecule has 2 aliphatic heterocycles. The molecular formula is C14H23NO4. The summed E-state index contributed by atoms with van der Waals surface area (Å²) < 4.78 is 10.3. The molecule has 5 heteroatoms. The van der Waals surface area contributed by atoms with E-state index in [4.69, 9.17) is 9.47 Å². The van der Waals surface area contributed by atoms with Gasteiger partial charge in [0.15, 0.2) is 0 Å². The summed E-state index contributed by atoms with van der Waals surface area (Å²) in [6.45, 7) is 2.98. The third kappa shape index (κ3) is 5.19. The highest BCUT2D eigenvalue weighted by Gasteiger charge is 2.40. The van der Waals surface area contributed by atoms with Gasteiger partial charge in [0.2, 0.25) is 5.91 Å². The fourth-order valence-corrected chi connectivity index (χ4v) is 2.27. The first-order valence-corrected chi connectivity index (χ1v) is 7.16. The molecule has 19 heavy (non-hydrogen) atoms. The van der Waals surface area contributed by atoms with E-state index < -0.39 is 0 Å².